The molecule has 0 spiro atoms. The van der Waals surface area contributed by atoms with Crippen LogP contribution >= 0.6 is 0 Å². The van der Waals surface area contributed by atoms with Crippen LogP contribution < -0.4 is 10.1 Å². The van der Waals surface area contributed by atoms with Gasteiger partial charge in [-0.05, 0) is 43.4 Å². The average molecular weight is 441 g/mol. The van der Waals surface area contributed by atoms with Gasteiger partial charge in [-0.3, -0.25) is 4.79 Å². The van der Waals surface area contributed by atoms with E-state index in [4.69, 9.17) is 9.47 Å². The molecular formula is C25H36N4O3. The summed E-state index contributed by atoms with van der Waals surface area (Å²) in [5, 5.41) is 7.65. The maximum atomic E-state index is 12.7. The van der Waals surface area contributed by atoms with Crippen LogP contribution in [0.15, 0.2) is 30.9 Å². The molecule has 1 saturated heterocycles. The van der Waals surface area contributed by atoms with Gasteiger partial charge >= 0.3 is 0 Å². The van der Waals surface area contributed by atoms with Crippen LogP contribution in [0.4, 0.5) is 0 Å². The largest absolute Gasteiger partial charge is 0.496 e. The van der Waals surface area contributed by atoms with Crippen LogP contribution in [0.2, 0.25) is 0 Å². The van der Waals surface area contributed by atoms with Gasteiger partial charge in [0.15, 0.2) is 0 Å². The fourth-order valence-electron chi connectivity index (χ4n) is 5.38. The van der Waals surface area contributed by atoms with E-state index in [-0.39, 0.29) is 29.6 Å². The van der Waals surface area contributed by atoms with Crippen molar-refractivity contribution in [2.24, 2.45) is 17.8 Å². The number of carbonyl (C=O) groups is 1. The Morgan fingerprint density at radius 3 is 2.88 bits per heavy atom. The van der Waals surface area contributed by atoms with Crippen molar-refractivity contribution in [2.45, 2.75) is 77.7 Å². The maximum absolute atomic E-state index is 12.7. The molecule has 1 aromatic carbocycles. The number of methoxy groups -OCH3 is 1. The highest BCUT2D eigenvalue weighted by molar-refractivity contribution is 5.78. The van der Waals surface area contributed by atoms with E-state index in [1.807, 2.05) is 19.9 Å². The third-order valence-electron chi connectivity index (χ3n) is 7.23. The Morgan fingerprint density at radius 1 is 1.38 bits per heavy atom. The molecule has 1 N–H and O–H groups in total. The molecule has 174 valence electrons. The van der Waals surface area contributed by atoms with Gasteiger partial charge in [0.2, 0.25) is 5.91 Å². The molecule has 1 aliphatic carbocycles. The van der Waals surface area contributed by atoms with Gasteiger partial charge in [0.05, 0.1) is 25.9 Å². The lowest BCUT2D eigenvalue weighted by molar-refractivity contribution is -0.155. The first-order valence-corrected chi connectivity index (χ1v) is 11.8. The first-order valence-electron chi connectivity index (χ1n) is 11.8. The molecule has 32 heavy (non-hydrogen) atoms. The van der Waals surface area contributed by atoms with Crippen LogP contribution in [0.1, 0.15) is 70.6 Å². The zero-order valence-corrected chi connectivity index (χ0v) is 19.9. The first-order chi connectivity index (χ1) is 15.3. The van der Waals surface area contributed by atoms with Gasteiger partial charge in [0, 0.05) is 29.4 Å². The summed E-state index contributed by atoms with van der Waals surface area (Å²) in [7, 11) is 1.68. The van der Waals surface area contributed by atoms with Crippen molar-refractivity contribution in [3.63, 3.8) is 0 Å². The Balaban J connectivity index is 1.64. The van der Waals surface area contributed by atoms with Crippen LogP contribution in [0.25, 0.3) is 0 Å². The molecule has 2 aliphatic rings. The van der Waals surface area contributed by atoms with Crippen LogP contribution in [0, 0.1) is 17.8 Å². The Bertz CT molecular complexity index is 929. The molecule has 0 unspecified atom stereocenters. The maximum Gasteiger partial charge on any atom is 0.222 e. The van der Waals surface area contributed by atoms with Crippen LogP contribution in [-0.2, 0) is 16.1 Å². The third kappa shape index (κ3) is 4.68. The van der Waals surface area contributed by atoms with Crippen molar-refractivity contribution in [3.8, 4) is 5.75 Å². The molecule has 1 amide bonds. The Kier molecular flexibility index (Phi) is 6.56. The van der Waals surface area contributed by atoms with Crippen LogP contribution in [0.3, 0.4) is 0 Å². The summed E-state index contributed by atoms with van der Waals surface area (Å²) >= 11 is 0. The summed E-state index contributed by atoms with van der Waals surface area (Å²) in [5.74, 6) is 1.88. The topological polar surface area (TPSA) is 78.3 Å². The minimum absolute atomic E-state index is 0.0376. The Hall–Kier alpha value is -2.41. The summed E-state index contributed by atoms with van der Waals surface area (Å²) < 4.78 is 14.1. The second-order valence-corrected chi connectivity index (χ2v) is 10.1. The number of aromatic nitrogens is 3. The lowest BCUT2D eigenvalue weighted by atomic mass is 9.66. The van der Waals surface area contributed by atoms with Gasteiger partial charge in [-0.2, -0.15) is 5.10 Å². The Labute approximate surface area is 190 Å². The number of hydrogen-bond acceptors (Lipinski definition) is 5. The zero-order chi connectivity index (χ0) is 22.9. The van der Waals surface area contributed by atoms with Gasteiger partial charge in [0.25, 0.3) is 0 Å². The molecule has 7 heteroatoms. The molecule has 2 aromatic rings. The highest BCUT2D eigenvalue weighted by Crippen LogP contribution is 2.48. The number of hydrogen-bond donors (Lipinski definition) is 1. The minimum Gasteiger partial charge on any atom is -0.496 e. The highest BCUT2D eigenvalue weighted by Gasteiger charge is 2.49. The van der Waals surface area contributed by atoms with Crippen molar-refractivity contribution in [1.29, 1.82) is 0 Å². The Morgan fingerprint density at radius 2 is 2.19 bits per heavy atom. The van der Waals surface area contributed by atoms with Gasteiger partial charge in [-0.1, -0.05) is 33.3 Å². The summed E-state index contributed by atoms with van der Waals surface area (Å²) in [4.78, 5) is 16.8. The molecule has 0 radical (unpaired) electrons. The van der Waals surface area contributed by atoms with Crippen molar-refractivity contribution in [1.82, 2.24) is 20.1 Å². The molecule has 2 fully saturated rings. The molecule has 2 heterocycles. The number of benzene rings is 1. The average Bonchev–Trinajstić information content (AvgIpc) is 3.26. The van der Waals surface area contributed by atoms with E-state index in [0.29, 0.717) is 18.4 Å². The van der Waals surface area contributed by atoms with Crippen molar-refractivity contribution in [3.05, 3.63) is 42.0 Å². The fourth-order valence-corrected chi connectivity index (χ4v) is 5.38. The summed E-state index contributed by atoms with van der Waals surface area (Å²) in [6.07, 6.45) is 7.38. The fraction of sp³-hybridized carbons (Fsp3) is 0.640. The summed E-state index contributed by atoms with van der Waals surface area (Å²) in [5.41, 5.74) is 1.86. The number of fused-ring (bicyclic) bond motifs is 1. The van der Waals surface area contributed by atoms with Crippen LogP contribution in [0.5, 0.6) is 5.75 Å². The SMILES string of the molecule is COc1ccc([C@H]2C[C@@](C)(NC(=O)C(C)C)[C@@H]3CC[C@@H](C)C[C@H]3O2)cc1Cn1cncn1. The predicted octanol–water partition coefficient (Wildman–Crippen LogP) is 4.13. The van der Waals surface area contributed by atoms with E-state index < -0.39 is 0 Å². The second-order valence-electron chi connectivity index (χ2n) is 10.1. The predicted molar refractivity (Wildman–Crippen MR) is 122 cm³/mol. The standard InChI is InChI=1S/C25H36N4O3/c1-16(2)24(30)28-25(4)12-23(32-22-10-17(3)6-8-20(22)25)18-7-9-21(31-5)19(11-18)13-29-15-26-14-27-29/h7,9,11,14-17,20,22-23H,6,8,10,12-13H2,1-5H3,(H,28,30)/t17-,20-,22-,23-,25-/m1/s1. The number of ether oxygens (including phenoxy) is 2. The summed E-state index contributed by atoms with van der Waals surface area (Å²) in [6.45, 7) is 9.01. The summed E-state index contributed by atoms with van der Waals surface area (Å²) in [6, 6.07) is 6.25. The molecule has 1 aliphatic heterocycles. The van der Waals surface area contributed by atoms with Crippen molar-refractivity contribution < 1.29 is 14.3 Å². The van der Waals surface area contributed by atoms with E-state index in [0.717, 1.165) is 36.1 Å². The lowest BCUT2D eigenvalue weighted by Crippen LogP contribution is -2.61. The van der Waals surface area contributed by atoms with E-state index in [9.17, 15) is 4.79 Å². The first kappa shape index (κ1) is 22.8. The van der Waals surface area contributed by atoms with E-state index >= 15 is 0 Å². The van der Waals surface area contributed by atoms with Crippen molar-refractivity contribution >= 4 is 5.91 Å². The van der Waals surface area contributed by atoms with Gasteiger partial charge in [-0.15, -0.1) is 0 Å². The molecule has 1 aromatic heterocycles. The van der Waals surface area contributed by atoms with Gasteiger partial charge in [-0.25, -0.2) is 9.67 Å². The second kappa shape index (κ2) is 9.22. The quantitative estimate of drug-likeness (QED) is 0.731. The third-order valence-corrected chi connectivity index (χ3v) is 7.23. The minimum atomic E-state index is -0.291. The number of nitrogens with zero attached hydrogens (tertiary/aromatic N) is 3. The molecular weight excluding hydrogens is 404 g/mol. The molecule has 5 atom stereocenters. The number of nitrogens with one attached hydrogen (secondary N) is 1. The normalized spacial score (nSPS) is 30.1. The van der Waals surface area contributed by atoms with Gasteiger partial charge in [0.1, 0.15) is 18.4 Å². The number of rotatable bonds is 6. The van der Waals surface area contributed by atoms with E-state index in [2.05, 4.69) is 41.4 Å². The van der Waals surface area contributed by atoms with Crippen LogP contribution in [-0.4, -0.2) is 39.4 Å². The smallest absolute Gasteiger partial charge is 0.222 e. The molecule has 0 bridgehead atoms. The van der Waals surface area contributed by atoms with E-state index in [1.54, 1.807) is 18.1 Å². The van der Waals surface area contributed by atoms with Gasteiger partial charge < -0.3 is 14.8 Å². The highest BCUT2D eigenvalue weighted by atomic mass is 16.5. The number of carbonyl (C=O) groups excluding carboxylic acids is 1. The van der Waals surface area contributed by atoms with Crippen molar-refractivity contribution in [2.75, 3.05) is 7.11 Å². The molecule has 7 nitrogen and oxygen atoms in total. The monoisotopic (exact) mass is 440 g/mol. The van der Waals surface area contributed by atoms with E-state index in [1.165, 1.54) is 12.7 Å². The molecule has 1 saturated carbocycles. The lowest BCUT2D eigenvalue weighted by Gasteiger charge is -2.52. The zero-order valence-electron chi connectivity index (χ0n) is 19.9. The number of amides is 1. The molecule has 4 rings (SSSR count).